The van der Waals surface area contributed by atoms with Crippen LogP contribution in [0.3, 0.4) is 0 Å². The van der Waals surface area contributed by atoms with E-state index in [1.165, 1.54) is 6.07 Å². The molecule has 3 aromatic rings. The highest BCUT2D eigenvalue weighted by Crippen LogP contribution is 2.27. The Morgan fingerprint density at radius 2 is 1.67 bits per heavy atom. The molecular formula is C15H10O2S. The molecule has 2 aromatic carbocycles. The lowest BCUT2D eigenvalue weighted by Crippen LogP contribution is -2.00. The van der Waals surface area contributed by atoms with Crippen molar-refractivity contribution in [2.24, 2.45) is 0 Å². The quantitative estimate of drug-likeness (QED) is 0.670. The number of thiol groups is 1. The van der Waals surface area contributed by atoms with Gasteiger partial charge in [0.25, 0.3) is 0 Å². The van der Waals surface area contributed by atoms with Crippen LogP contribution in [0.1, 0.15) is 0 Å². The van der Waals surface area contributed by atoms with E-state index in [9.17, 15) is 4.79 Å². The largest absolute Gasteiger partial charge is 0.456 e. The lowest BCUT2D eigenvalue weighted by atomic mass is 10.1. The van der Waals surface area contributed by atoms with Gasteiger partial charge in [-0.2, -0.15) is 0 Å². The Bertz CT molecular complexity index is 775. The minimum atomic E-state index is -0.0385. The number of fused-ring (bicyclic) bond motifs is 1. The van der Waals surface area contributed by atoms with Gasteiger partial charge in [-0.25, -0.2) is 0 Å². The summed E-state index contributed by atoms with van der Waals surface area (Å²) >= 11 is 4.38. The first kappa shape index (κ1) is 11.1. The maximum absolute atomic E-state index is 12.0. The number of rotatable bonds is 1. The van der Waals surface area contributed by atoms with E-state index in [0.717, 1.165) is 10.5 Å². The molecule has 0 fully saturated rings. The lowest BCUT2D eigenvalue weighted by Gasteiger charge is -2.05. The zero-order chi connectivity index (χ0) is 12.5. The Hall–Kier alpha value is -2.00. The van der Waals surface area contributed by atoms with Gasteiger partial charge in [0.2, 0.25) is 0 Å². The van der Waals surface area contributed by atoms with Crippen LogP contribution in [0.5, 0.6) is 0 Å². The normalized spacial score (nSPS) is 10.7. The average Bonchev–Trinajstić information content (AvgIpc) is 2.39. The van der Waals surface area contributed by atoms with Gasteiger partial charge in [-0.1, -0.05) is 30.3 Å². The standard InChI is InChI=1S/C15H10O2S/c16-12-9-14(11-6-2-4-8-15(11)18)17-13-7-3-1-5-10(12)13/h1-9,18H. The van der Waals surface area contributed by atoms with Crippen LogP contribution < -0.4 is 5.43 Å². The van der Waals surface area contributed by atoms with Crippen molar-refractivity contribution >= 4 is 23.6 Å². The Balaban J connectivity index is 2.32. The number of hydrogen-bond donors (Lipinski definition) is 1. The van der Waals surface area contributed by atoms with Crippen molar-refractivity contribution in [1.29, 1.82) is 0 Å². The molecule has 0 amide bonds. The van der Waals surface area contributed by atoms with Crippen molar-refractivity contribution in [3.8, 4) is 11.3 Å². The van der Waals surface area contributed by atoms with Gasteiger partial charge in [-0.05, 0) is 18.2 Å². The van der Waals surface area contributed by atoms with Crippen molar-refractivity contribution in [3.05, 3.63) is 64.8 Å². The number of hydrogen-bond acceptors (Lipinski definition) is 3. The molecule has 1 aromatic heterocycles. The van der Waals surface area contributed by atoms with Crippen molar-refractivity contribution < 1.29 is 4.42 Å². The predicted octanol–water partition coefficient (Wildman–Crippen LogP) is 3.75. The summed E-state index contributed by atoms with van der Waals surface area (Å²) in [4.78, 5) is 12.8. The Morgan fingerprint density at radius 1 is 0.944 bits per heavy atom. The van der Waals surface area contributed by atoms with Crippen LogP contribution in [-0.2, 0) is 0 Å². The third-order valence-corrected chi connectivity index (χ3v) is 3.19. The molecule has 0 unspecified atom stereocenters. The second-order valence-electron chi connectivity index (χ2n) is 3.99. The lowest BCUT2D eigenvalue weighted by molar-refractivity contribution is 0.617. The number of para-hydroxylation sites is 1. The fraction of sp³-hybridized carbons (Fsp3) is 0. The van der Waals surface area contributed by atoms with Crippen molar-refractivity contribution in [2.75, 3.05) is 0 Å². The highest BCUT2D eigenvalue weighted by atomic mass is 32.1. The van der Waals surface area contributed by atoms with Gasteiger partial charge < -0.3 is 4.42 Å². The fourth-order valence-electron chi connectivity index (χ4n) is 1.92. The summed E-state index contributed by atoms with van der Waals surface area (Å²) in [5, 5.41) is 0.595. The van der Waals surface area contributed by atoms with Gasteiger partial charge >= 0.3 is 0 Å². The average molecular weight is 254 g/mol. The van der Waals surface area contributed by atoms with E-state index in [1.54, 1.807) is 12.1 Å². The molecule has 0 saturated carbocycles. The summed E-state index contributed by atoms with van der Waals surface area (Å²) in [6, 6.07) is 16.3. The zero-order valence-electron chi connectivity index (χ0n) is 9.46. The third-order valence-electron chi connectivity index (χ3n) is 2.80. The summed E-state index contributed by atoms with van der Waals surface area (Å²) in [5.74, 6) is 0.546. The zero-order valence-corrected chi connectivity index (χ0v) is 10.4. The molecule has 2 nitrogen and oxygen atoms in total. The minimum absolute atomic E-state index is 0.0385. The van der Waals surface area contributed by atoms with Crippen molar-refractivity contribution in [3.63, 3.8) is 0 Å². The molecule has 0 spiro atoms. The molecule has 3 heteroatoms. The summed E-state index contributed by atoms with van der Waals surface area (Å²) in [6.07, 6.45) is 0. The molecule has 0 aliphatic carbocycles. The van der Waals surface area contributed by atoms with Gasteiger partial charge in [-0.15, -0.1) is 12.6 Å². The molecule has 1 heterocycles. The van der Waals surface area contributed by atoms with Crippen molar-refractivity contribution in [1.82, 2.24) is 0 Å². The van der Waals surface area contributed by atoms with Gasteiger partial charge in [0.15, 0.2) is 5.43 Å². The van der Waals surface area contributed by atoms with Crippen LogP contribution in [0.4, 0.5) is 0 Å². The Morgan fingerprint density at radius 3 is 2.50 bits per heavy atom. The maximum atomic E-state index is 12.0. The van der Waals surface area contributed by atoms with Gasteiger partial charge in [0.05, 0.1) is 5.39 Å². The molecule has 88 valence electrons. The van der Waals surface area contributed by atoms with E-state index in [4.69, 9.17) is 4.42 Å². The molecular weight excluding hydrogens is 244 g/mol. The van der Waals surface area contributed by atoms with E-state index in [-0.39, 0.29) is 5.43 Å². The van der Waals surface area contributed by atoms with E-state index >= 15 is 0 Å². The van der Waals surface area contributed by atoms with Crippen LogP contribution >= 0.6 is 12.6 Å². The van der Waals surface area contributed by atoms with Crippen LogP contribution in [0, 0.1) is 0 Å². The van der Waals surface area contributed by atoms with Crippen LogP contribution in [-0.4, -0.2) is 0 Å². The first-order chi connectivity index (χ1) is 8.75. The molecule has 0 radical (unpaired) electrons. The molecule has 0 atom stereocenters. The molecule has 18 heavy (non-hydrogen) atoms. The monoisotopic (exact) mass is 254 g/mol. The first-order valence-corrected chi connectivity index (χ1v) is 6.02. The van der Waals surface area contributed by atoms with Gasteiger partial charge in [0.1, 0.15) is 11.3 Å². The summed E-state index contributed by atoms with van der Waals surface area (Å²) in [7, 11) is 0. The SMILES string of the molecule is O=c1cc(-c2ccccc2S)oc2ccccc12. The van der Waals surface area contributed by atoms with Crippen LogP contribution in [0.2, 0.25) is 0 Å². The molecule has 3 rings (SSSR count). The first-order valence-electron chi connectivity index (χ1n) is 5.57. The topological polar surface area (TPSA) is 30.2 Å². The van der Waals surface area contributed by atoms with Gasteiger partial charge in [0, 0.05) is 16.5 Å². The summed E-state index contributed by atoms with van der Waals surface area (Å²) < 4.78 is 5.76. The van der Waals surface area contributed by atoms with E-state index in [0.29, 0.717) is 16.7 Å². The molecule has 0 bridgehead atoms. The number of benzene rings is 2. The smallest absolute Gasteiger partial charge is 0.193 e. The van der Waals surface area contributed by atoms with Crippen LogP contribution in [0.25, 0.3) is 22.3 Å². The van der Waals surface area contributed by atoms with E-state index in [1.807, 2.05) is 36.4 Å². The van der Waals surface area contributed by atoms with E-state index < -0.39 is 0 Å². The third kappa shape index (κ3) is 1.83. The Kier molecular flexibility index (Phi) is 2.68. The van der Waals surface area contributed by atoms with Crippen LogP contribution in [0.15, 0.2) is 68.7 Å². The highest BCUT2D eigenvalue weighted by Gasteiger charge is 2.08. The van der Waals surface area contributed by atoms with Crippen molar-refractivity contribution in [2.45, 2.75) is 4.90 Å². The minimum Gasteiger partial charge on any atom is -0.456 e. The second-order valence-corrected chi connectivity index (χ2v) is 4.47. The molecule has 0 aliphatic heterocycles. The predicted molar refractivity (Wildman–Crippen MR) is 75.2 cm³/mol. The fourth-order valence-corrected chi connectivity index (χ4v) is 2.19. The Labute approximate surface area is 109 Å². The van der Waals surface area contributed by atoms with E-state index in [2.05, 4.69) is 12.6 Å². The molecule has 0 N–H and O–H groups in total. The molecule has 0 saturated heterocycles. The highest BCUT2D eigenvalue weighted by molar-refractivity contribution is 7.80. The molecule has 0 aliphatic rings. The second kappa shape index (κ2) is 4.35. The van der Waals surface area contributed by atoms with Gasteiger partial charge in [-0.3, -0.25) is 4.79 Å². The summed E-state index contributed by atoms with van der Waals surface area (Å²) in [6.45, 7) is 0. The summed E-state index contributed by atoms with van der Waals surface area (Å²) in [5.41, 5.74) is 1.38. The maximum Gasteiger partial charge on any atom is 0.193 e.